The average Bonchev–Trinajstić information content (AvgIpc) is 3.21. The minimum atomic E-state index is -0.862. The van der Waals surface area contributed by atoms with Crippen LogP contribution in [0.4, 0.5) is 0 Å². The molecule has 0 spiro atoms. The third-order valence-electron chi connectivity index (χ3n) is 13.6. The number of allylic oxidation sites excluding steroid dienone is 1. The van der Waals surface area contributed by atoms with Crippen LogP contribution in [0.25, 0.3) is 0 Å². The van der Waals surface area contributed by atoms with Crippen molar-refractivity contribution in [3.8, 4) is 0 Å². The topological polar surface area (TPSA) is 94.8 Å². The first-order valence-electron chi connectivity index (χ1n) is 13.9. The van der Waals surface area contributed by atoms with Gasteiger partial charge in [-0.25, -0.2) is 0 Å². The smallest absolute Gasteiger partial charge is 0.309 e. The Morgan fingerprint density at radius 2 is 1.49 bits per heavy atom. The number of aliphatic carboxylic acids is 2. The number of hydrogen-bond donors (Lipinski definition) is 3. The van der Waals surface area contributed by atoms with Crippen molar-refractivity contribution < 1.29 is 24.9 Å². The molecular weight excluding hydrogens is 440 g/mol. The van der Waals surface area contributed by atoms with E-state index in [2.05, 4.69) is 48.1 Å². The molecular formula is C30H46O5. The molecule has 0 aromatic heterocycles. The van der Waals surface area contributed by atoms with Crippen molar-refractivity contribution in [1.82, 2.24) is 0 Å². The molecule has 5 aliphatic rings. The van der Waals surface area contributed by atoms with Gasteiger partial charge in [0, 0.05) is 0 Å². The minimum Gasteiger partial charge on any atom is -0.481 e. The predicted molar refractivity (Wildman–Crippen MR) is 135 cm³/mol. The van der Waals surface area contributed by atoms with Crippen LogP contribution in [0, 0.1) is 62.6 Å². The summed E-state index contributed by atoms with van der Waals surface area (Å²) in [4.78, 5) is 25.4. The first-order valence-corrected chi connectivity index (χ1v) is 13.9. The molecule has 5 heteroatoms. The Morgan fingerprint density at radius 3 is 2.06 bits per heavy atom. The first kappa shape index (κ1) is 25.3. The maximum Gasteiger partial charge on any atom is 0.309 e. The molecule has 3 unspecified atom stereocenters. The molecule has 0 saturated heterocycles. The van der Waals surface area contributed by atoms with Crippen LogP contribution >= 0.6 is 0 Å². The minimum absolute atomic E-state index is 0.0493. The summed E-state index contributed by atoms with van der Waals surface area (Å²) in [5.74, 6) is -1.21. The molecule has 0 aromatic carbocycles. The van der Waals surface area contributed by atoms with Gasteiger partial charge >= 0.3 is 11.9 Å². The number of rotatable bonds is 3. The van der Waals surface area contributed by atoms with Crippen LogP contribution in [0.15, 0.2) is 12.2 Å². The zero-order valence-corrected chi connectivity index (χ0v) is 22.6. The Hall–Kier alpha value is -1.36. The van der Waals surface area contributed by atoms with E-state index in [4.69, 9.17) is 0 Å². The van der Waals surface area contributed by atoms with Gasteiger partial charge in [0.1, 0.15) is 0 Å². The fraction of sp³-hybridized carbons (Fsp3) is 0.867. The normalized spacial score (nSPS) is 54.2. The zero-order valence-electron chi connectivity index (χ0n) is 22.6. The van der Waals surface area contributed by atoms with E-state index in [1.165, 1.54) is 0 Å². The first-order chi connectivity index (χ1) is 16.1. The molecule has 196 valence electrons. The number of carboxylic acids is 2. The van der Waals surface area contributed by atoms with Gasteiger partial charge in [0.15, 0.2) is 0 Å². The number of carboxylic acid groups (broad SMARTS) is 2. The van der Waals surface area contributed by atoms with Crippen molar-refractivity contribution in [2.24, 2.45) is 62.6 Å². The van der Waals surface area contributed by atoms with E-state index in [1.54, 1.807) is 0 Å². The van der Waals surface area contributed by atoms with Gasteiger partial charge in [-0.1, -0.05) is 46.8 Å². The van der Waals surface area contributed by atoms with Crippen LogP contribution in [0.3, 0.4) is 0 Å². The average molecular weight is 487 g/mol. The molecule has 0 amide bonds. The maximum absolute atomic E-state index is 12.8. The lowest BCUT2D eigenvalue weighted by atomic mass is 9.34. The van der Waals surface area contributed by atoms with E-state index >= 15 is 0 Å². The SMILES string of the molecule is C=C(C)C1CC[C@]2(C(=O)O)CC[C@]3(C)[C@H](CC[C@@H]4[C@@]5(C)C(C(=O)O)C(O)C(C)(C)[C@@H]5CC[C@]43C)[C@@H]12. The standard InChI is InChI=1S/C30H46O5/c1-16(2)17-10-13-30(25(34)35)15-14-27(5)18(21(17)30)8-9-20-28(27,6)12-11-19-26(3,4)23(31)22(24(32)33)29(19,20)7/h17-23,31H,1,8-15H2,2-7H3,(H,32,33)(H,34,35)/t17?,18-,19+,20+,21-,22?,23?,27-,28-,29+,30+/m1/s1. The lowest BCUT2D eigenvalue weighted by Crippen LogP contribution is -2.65. The molecule has 0 heterocycles. The van der Waals surface area contributed by atoms with Crippen molar-refractivity contribution in [2.75, 3.05) is 0 Å². The summed E-state index contributed by atoms with van der Waals surface area (Å²) < 4.78 is 0. The van der Waals surface area contributed by atoms with Gasteiger partial charge in [0.25, 0.3) is 0 Å². The highest BCUT2D eigenvalue weighted by atomic mass is 16.4. The summed E-state index contributed by atoms with van der Waals surface area (Å²) in [5.41, 5.74) is -0.558. The number of aliphatic hydroxyl groups is 1. The number of fused-ring (bicyclic) bond motifs is 7. The van der Waals surface area contributed by atoms with Gasteiger partial charge in [-0.3, -0.25) is 9.59 Å². The largest absolute Gasteiger partial charge is 0.481 e. The summed E-state index contributed by atoms with van der Waals surface area (Å²) >= 11 is 0. The molecule has 5 fully saturated rings. The molecule has 0 aliphatic heterocycles. The third-order valence-corrected chi connectivity index (χ3v) is 13.6. The van der Waals surface area contributed by atoms with Crippen LogP contribution in [0.2, 0.25) is 0 Å². The lowest BCUT2D eigenvalue weighted by molar-refractivity contribution is -0.228. The van der Waals surface area contributed by atoms with Crippen molar-refractivity contribution >= 4 is 11.9 Å². The molecule has 5 aliphatic carbocycles. The van der Waals surface area contributed by atoms with Gasteiger partial charge in [-0.15, -0.1) is 0 Å². The highest BCUT2D eigenvalue weighted by Gasteiger charge is 2.75. The molecule has 0 bridgehead atoms. The Morgan fingerprint density at radius 1 is 0.829 bits per heavy atom. The van der Waals surface area contributed by atoms with Crippen molar-refractivity contribution in [2.45, 2.75) is 99.0 Å². The molecule has 0 radical (unpaired) electrons. The van der Waals surface area contributed by atoms with Crippen molar-refractivity contribution in [1.29, 1.82) is 0 Å². The van der Waals surface area contributed by atoms with E-state index in [-0.39, 0.29) is 34.5 Å². The second-order valence-electron chi connectivity index (χ2n) is 14.6. The quantitative estimate of drug-likeness (QED) is 0.425. The number of carbonyl (C=O) groups is 2. The Balaban J connectivity index is 1.62. The van der Waals surface area contributed by atoms with E-state index in [0.717, 1.165) is 50.5 Å². The van der Waals surface area contributed by atoms with Crippen LogP contribution in [-0.2, 0) is 9.59 Å². The monoisotopic (exact) mass is 486 g/mol. The van der Waals surface area contributed by atoms with Crippen LogP contribution in [0.1, 0.15) is 92.9 Å². The predicted octanol–water partition coefficient (Wildman–Crippen LogP) is 6.01. The second kappa shape index (κ2) is 7.36. The molecule has 3 N–H and O–H groups in total. The number of aliphatic hydroxyl groups excluding tert-OH is 1. The van der Waals surface area contributed by atoms with Crippen LogP contribution in [0.5, 0.6) is 0 Å². The molecule has 35 heavy (non-hydrogen) atoms. The van der Waals surface area contributed by atoms with Gasteiger partial charge in [-0.05, 0) is 110 Å². The van der Waals surface area contributed by atoms with E-state index in [0.29, 0.717) is 12.3 Å². The summed E-state index contributed by atoms with van der Waals surface area (Å²) in [7, 11) is 0. The van der Waals surface area contributed by atoms with Gasteiger partial charge in [0.05, 0.1) is 17.4 Å². The highest BCUT2D eigenvalue weighted by Crippen LogP contribution is 2.79. The van der Waals surface area contributed by atoms with Crippen molar-refractivity contribution in [3.05, 3.63) is 12.2 Å². The lowest BCUT2D eigenvalue weighted by Gasteiger charge is -2.70. The molecule has 5 nitrogen and oxygen atoms in total. The third kappa shape index (κ3) is 2.75. The fourth-order valence-corrected chi connectivity index (χ4v) is 11.8. The molecule has 5 rings (SSSR count). The fourth-order valence-electron chi connectivity index (χ4n) is 11.8. The highest BCUT2D eigenvalue weighted by molar-refractivity contribution is 5.76. The zero-order chi connectivity index (χ0) is 25.9. The second-order valence-corrected chi connectivity index (χ2v) is 14.6. The van der Waals surface area contributed by atoms with Crippen LogP contribution < -0.4 is 0 Å². The number of hydrogen-bond acceptors (Lipinski definition) is 3. The van der Waals surface area contributed by atoms with Crippen molar-refractivity contribution in [3.63, 3.8) is 0 Å². The summed E-state index contributed by atoms with van der Waals surface area (Å²) in [6.07, 6.45) is 6.24. The van der Waals surface area contributed by atoms with E-state index < -0.39 is 40.2 Å². The molecule has 11 atom stereocenters. The molecule has 0 aromatic rings. The Bertz CT molecular complexity index is 970. The van der Waals surface area contributed by atoms with E-state index in [1.807, 2.05) is 0 Å². The Kier molecular flexibility index (Phi) is 5.32. The summed E-state index contributed by atoms with van der Waals surface area (Å²) in [6, 6.07) is 0. The van der Waals surface area contributed by atoms with Gasteiger partial charge < -0.3 is 15.3 Å². The summed E-state index contributed by atoms with van der Waals surface area (Å²) in [5, 5.41) is 32.2. The van der Waals surface area contributed by atoms with Gasteiger partial charge in [0.2, 0.25) is 0 Å². The van der Waals surface area contributed by atoms with Crippen LogP contribution in [-0.4, -0.2) is 33.4 Å². The maximum atomic E-state index is 12.8. The van der Waals surface area contributed by atoms with Gasteiger partial charge in [-0.2, -0.15) is 0 Å². The summed E-state index contributed by atoms with van der Waals surface area (Å²) in [6.45, 7) is 17.5. The Labute approximate surface area is 210 Å². The van der Waals surface area contributed by atoms with E-state index in [9.17, 15) is 24.9 Å². The molecule has 5 saturated carbocycles.